The Labute approximate surface area is 127 Å². The van der Waals surface area contributed by atoms with Gasteiger partial charge in [0, 0.05) is 0 Å². The SMILES string of the molecule is CCC(C)c1ccc(OCC(O)c2ccccc2C)cc1. The minimum atomic E-state index is -0.597. The Hall–Kier alpha value is -1.80. The normalized spacial score (nSPS) is 13.7. The first-order valence-corrected chi connectivity index (χ1v) is 7.58. The number of benzene rings is 2. The van der Waals surface area contributed by atoms with E-state index in [-0.39, 0.29) is 6.61 Å². The van der Waals surface area contributed by atoms with Crippen LogP contribution in [0.1, 0.15) is 49.0 Å². The van der Waals surface area contributed by atoms with Crippen LogP contribution < -0.4 is 4.74 Å². The van der Waals surface area contributed by atoms with E-state index in [1.165, 1.54) is 5.56 Å². The van der Waals surface area contributed by atoms with Gasteiger partial charge in [0.25, 0.3) is 0 Å². The molecule has 0 aliphatic heterocycles. The van der Waals surface area contributed by atoms with Gasteiger partial charge in [0.2, 0.25) is 0 Å². The molecule has 2 nitrogen and oxygen atoms in total. The minimum absolute atomic E-state index is 0.271. The number of aliphatic hydroxyl groups excluding tert-OH is 1. The van der Waals surface area contributed by atoms with Gasteiger partial charge in [-0.1, -0.05) is 50.2 Å². The molecule has 0 spiro atoms. The fourth-order valence-corrected chi connectivity index (χ4v) is 2.35. The lowest BCUT2D eigenvalue weighted by atomic mass is 9.99. The predicted octanol–water partition coefficient (Wildman–Crippen LogP) is 4.62. The average molecular weight is 284 g/mol. The summed E-state index contributed by atoms with van der Waals surface area (Å²) in [6.07, 6.45) is 0.534. The zero-order chi connectivity index (χ0) is 15.2. The highest BCUT2D eigenvalue weighted by Gasteiger charge is 2.11. The molecule has 0 saturated carbocycles. The molecule has 0 heterocycles. The van der Waals surface area contributed by atoms with Crippen molar-refractivity contribution in [3.63, 3.8) is 0 Å². The number of aliphatic hydroxyl groups is 1. The van der Waals surface area contributed by atoms with Gasteiger partial charge in [-0.15, -0.1) is 0 Å². The van der Waals surface area contributed by atoms with Crippen molar-refractivity contribution in [1.82, 2.24) is 0 Å². The lowest BCUT2D eigenvalue weighted by Crippen LogP contribution is -2.10. The fraction of sp³-hybridized carbons (Fsp3) is 0.368. The Balaban J connectivity index is 1.95. The molecular weight excluding hydrogens is 260 g/mol. The summed E-state index contributed by atoms with van der Waals surface area (Å²) in [5, 5.41) is 10.2. The molecule has 0 aliphatic rings. The minimum Gasteiger partial charge on any atom is -0.491 e. The van der Waals surface area contributed by atoms with Crippen LogP contribution in [0.2, 0.25) is 0 Å². The summed E-state index contributed by atoms with van der Waals surface area (Å²) in [6.45, 7) is 6.68. The molecule has 112 valence electrons. The molecule has 0 aromatic heterocycles. The van der Waals surface area contributed by atoms with Crippen molar-refractivity contribution in [1.29, 1.82) is 0 Å². The first-order valence-electron chi connectivity index (χ1n) is 7.58. The first kappa shape index (κ1) is 15.6. The van der Waals surface area contributed by atoms with Gasteiger partial charge in [-0.2, -0.15) is 0 Å². The summed E-state index contributed by atoms with van der Waals surface area (Å²) < 4.78 is 5.70. The molecule has 2 rings (SSSR count). The van der Waals surface area contributed by atoms with Crippen molar-refractivity contribution in [3.8, 4) is 5.75 Å². The van der Waals surface area contributed by atoms with E-state index < -0.39 is 6.10 Å². The van der Waals surface area contributed by atoms with Crippen molar-refractivity contribution in [2.75, 3.05) is 6.61 Å². The summed E-state index contributed by atoms with van der Waals surface area (Å²) in [5.74, 6) is 1.37. The zero-order valence-electron chi connectivity index (χ0n) is 13.0. The van der Waals surface area contributed by atoms with Crippen molar-refractivity contribution >= 4 is 0 Å². The highest BCUT2D eigenvalue weighted by Crippen LogP contribution is 2.23. The molecule has 2 aromatic rings. The summed E-state index contributed by atoms with van der Waals surface area (Å²) in [5.41, 5.74) is 3.33. The van der Waals surface area contributed by atoms with Crippen molar-refractivity contribution in [2.24, 2.45) is 0 Å². The van der Waals surface area contributed by atoms with Crippen LogP contribution in [0.25, 0.3) is 0 Å². The average Bonchev–Trinajstić information content (AvgIpc) is 2.52. The Morgan fingerprint density at radius 3 is 2.33 bits per heavy atom. The van der Waals surface area contributed by atoms with Crippen LogP contribution in [-0.2, 0) is 0 Å². The molecule has 21 heavy (non-hydrogen) atoms. The van der Waals surface area contributed by atoms with E-state index >= 15 is 0 Å². The summed E-state index contributed by atoms with van der Waals surface area (Å²) in [7, 11) is 0. The third-order valence-electron chi connectivity index (χ3n) is 4.02. The van der Waals surface area contributed by atoms with Crippen LogP contribution in [-0.4, -0.2) is 11.7 Å². The molecule has 0 radical (unpaired) electrons. The molecule has 0 saturated heterocycles. The Morgan fingerprint density at radius 2 is 1.71 bits per heavy atom. The summed E-state index contributed by atoms with van der Waals surface area (Å²) in [4.78, 5) is 0. The first-order chi connectivity index (χ1) is 10.1. The third-order valence-corrected chi connectivity index (χ3v) is 4.02. The second kappa shape index (κ2) is 7.28. The number of aryl methyl sites for hydroxylation is 1. The maximum Gasteiger partial charge on any atom is 0.119 e. The van der Waals surface area contributed by atoms with Crippen LogP contribution in [0, 0.1) is 6.92 Å². The second-order valence-corrected chi connectivity index (χ2v) is 5.56. The Morgan fingerprint density at radius 1 is 1.05 bits per heavy atom. The van der Waals surface area contributed by atoms with E-state index in [4.69, 9.17) is 4.74 Å². The topological polar surface area (TPSA) is 29.5 Å². The smallest absolute Gasteiger partial charge is 0.119 e. The molecule has 1 N–H and O–H groups in total. The molecule has 2 aromatic carbocycles. The predicted molar refractivity (Wildman–Crippen MR) is 86.8 cm³/mol. The van der Waals surface area contributed by atoms with E-state index in [1.807, 2.05) is 43.3 Å². The summed E-state index contributed by atoms with van der Waals surface area (Å²) in [6, 6.07) is 16.0. The number of hydrogen-bond donors (Lipinski definition) is 1. The van der Waals surface area contributed by atoms with Gasteiger partial charge in [-0.05, 0) is 48.1 Å². The van der Waals surface area contributed by atoms with Crippen LogP contribution in [0.5, 0.6) is 5.75 Å². The van der Waals surface area contributed by atoms with E-state index in [0.717, 1.165) is 23.3 Å². The highest BCUT2D eigenvalue weighted by molar-refractivity contribution is 5.30. The molecule has 2 atom stereocenters. The Kier molecular flexibility index (Phi) is 5.40. The van der Waals surface area contributed by atoms with Crippen LogP contribution in [0.4, 0.5) is 0 Å². The molecule has 0 fully saturated rings. The van der Waals surface area contributed by atoms with Crippen molar-refractivity contribution < 1.29 is 9.84 Å². The zero-order valence-corrected chi connectivity index (χ0v) is 13.0. The Bertz CT molecular complexity index is 560. The molecule has 0 aliphatic carbocycles. The maximum atomic E-state index is 10.2. The van der Waals surface area contributed by atoms with Gasteiger partial charge in [0.05, 0.1) is 0 Å². The highest BCUT2D eigenvalue weighted by atomic mass is 16.5. The van der Waals surface area contributed by atoms with E-state index in [9.17, 15) is 5.11 Å². The molecule has 2 heteroatoms. The molecular formula is C19H24O2. The van der Waals surface area contributed by atoms with E-state index in [2.05, 4.69) is 26.0 Å². The van der Waals surface area contributed by atoms with Gasteiger partial charge in [-0.25, -0.2) is 0 Å². The van der Waals surface area contributed by atoms with Gasteiger partial charge in [0.1, 0.15) is 18.5 Å². The third kappa shape index (κ3) is 4.08. The second-order valence-electron chi connectivity index (χ2n) is 5.56. The number of rotatable bonds is 6. The maximum absolute atomic E-state index is 10.2. The van der Waals surface area contributed by atoms with Gasteiger partial charge >= 0.3 is 0 Å². The largest absolute Gasteiger partial charge is 0.491 e. The van der Waals surface area contributed by atoms with Gasteiger partial charge in [0.15, 0.2) is 0 Å². The van der Waals surface area contributed by atoms with Crippen LogP contribution in [0.15, 0.2) is 48.5 Å². The van der Waals surface area contributed by atoms with Gasteiger partial charge < -0.3 is 9.84 Å². The number of hydrogen-bond acceptors (Lipinski definition) is 2. The monoisotopic (exact) mass is 284 g/mol. The molecule has 2 unspecified atom stereocenters. The van der Waals surface area contributed by atoms with Crippen molar-refractivity contribution in [3.05, 3.63) is 65.2 Å². The fourth-order valence-electron chi connectivity index (χ4n) is 2.35. The number of ether oxygens (including phenoxy) is 1. The quantitative estimate of drug-likeness (QED) is 0.838. The van der Waals surface area contributed by atoms with E-state index in [0.29, 0.717) is 5.92 Å². The molecule has 0 amide bonds. The van der Waals surface area contributed by atoms with Gasteiger partial charge in [-0.3, -0.25) is 0 Å². The molecule has 0 bridgehead atoms. The van der Waals surface area contributed by atoms with Crippen LogP contribution in [0.3, 0.4) is 0 Å². The summed E-state index contributed by atoms with van der Waals surface area (Å²) >= 11 is 0. The van der Waals surface area contributed by atoms with E-state index in [1.54, 1.807) is 0 Å². The van der Waals surface area contributed by atoms with Crippen LogP contribution >= 0.6 is 0 Å². The lowest BCUT2D eigenvalue weighted by molar-refractivity contribution is 0.107. The standard InChI is InChI=1S/C19H24O2/c1-4-14(2)16-9-11-17(12-10-16)21-13-19(20)18-8-6-5-7-15(18)3/h5-12,14,19-20H,4,13H2,1-3H3. The van der Waals surface area contributed by atoms with Crippen molar-refractivity contribution in [2.45, 2.75) is 39.2 Å². The lowest BCUT2D eigenvalue weighted by Gasteiger charge is -2.15.